The van der Waals surface area contributed by atoms with E-state index in [-0.39, 0.29) is 11.8 Å². The van der Waals surface area contributed by atoms with E-state index >= 15 is 0 Å². The molecule has 0 unspecified atom stereocenters. The first-order chi connectivity index (χ1) is 9.46. The molecule has 2 bridgehead atoms. The molecule has 2 saturated carbocycles. The van der Waals surface area contributed by atoms with Crippen LogP contribution in [-0.2, 0) is 28.5 Å². The summed E-state index contributed by atoms with van der Waals surface area (Å²) in [5.74, 6) is -2.87. The van der Waals surface area contributed by atoms with Crippen molar-refractivity contribution in [1.29, 1.82) is 0 Å². The Bertz CT molecular complexity index is 475. The molecule has 0 aromatic heterocycles. The van der Waals surface area contributed by atoms with E-state index in [4.69, 9.17) is 18.9 Å². The highest BCUT2D eigenvalue weighted by Crippen LogP contribution is 2.70. The summed E-state index contributed by atoms with van der Waals surface area (Å²) in [4.78, 5) is 24.9. The smallest absolute Gasteiger partial charge is 0.356 e. The Morgan fingerprint density at radius 2 is 1.85 bits per heavy atom. The largest absolute Gasteiger partial charge is 0.466 e. The third-order valence-corrected chi connectivity index (χ3v) is 6.57. The maximum atomic E-state index is 12.5. The topological polar surface area (TPSA) is 71.1 Å². The van der Waals surface area contributed by atoms with Crippen molar-refractivity contribution in [2.24, 2.45) is 11.8 Å². The standard InChI is InChI=1S/C13H17BrO6/c1-17-10(16)12-8-6-4-5-7(8)11(14,9(15)20-12)13(12,18-2)19-3/h7-8H,4-6H2,1-3H3/t7-,8+,11-,12-/m0/s1. The van der Waals surface area contributed by atoms with Crippen LogP contribution >= 0.6 is 15.9 Å². The Balaban J connectivity index is 2.28. The van der Waals surface area contributed by atoms with Crippen LogP contribution in [0, 0.1) is 11.8 Å². The number of halogens is 1. The number of carbonyl (C=O) groups excluding carboxylic acids is 2. The molecule has 112 valence electrons. The molecule has 0 aromatic rings. The molecule has 7 heteroatoms. The van der Waals surface area contributed by atoms with Crippen LogP contribution in [0.15, 0.2) is 0 Å². The highest BCUT2D eigenvalue weighted by atomic mass is 79.9. The van der Waals surface area contributed by atoms with Gasteiger partial charge in [-0.2, -0.15) is 0 Å². The van der Waals surface area contributed by atoms with E-state index in [0.29, 0.717) is 0 Å². The maximum absolute atomic E-state index is 12.5. The van der Waals surface area contributed by atoms with E-state index < -0.39 is 27.7 Å². The highest BCUT2D eigenvalue weighted by Gasteiger charge is 2.91. The number of esters is 2. The number of fused-ring (bicyclic) bond motifs is 5. The van der Waals surface area contributed by atoms with Gasteiger partial charge in [0.05, 0.1) is 7.11 Å². The van der Waals surface area contributed by atoms with Crippen molar-refractivity contribution in [3.05, 3.63) is 0 Å². The number of hydrogen-bond acceptors (Lipinski definition) is 6. The molecule has 2 aliphatic carbocycles. The minimum absolute atomic E-state index is 0.0669. The summed E-state index contributed by atoms with van der Waals surface area (Å²) >= 11 is 3.50. The van der Waals surface area contributed by atoms with E-state index in [1.807, 2.05) is 0 Å². The number of ether oxygens (including phenoxy) is 4. The lowest BCUT2D eigenvalue weighted by Gasteiger charge is -2.39. The molecule has 1 aliphatic heterocycles. The number of alkyl halides is 1. The van der Waals surface area contributed by atoms with E-state index in [0.717, 1.165) is 19.3 Å². The quantitative estimate of drug-likeness (QED) is 0.430. The lowest BCUT2D eigenvalue weighted by Crippen LogP contribution is -2.63. The average Bonchev–Trinajstić information content (AvgIpc) is 3.05. The maximum Gasteiger partial charge on any atom is 0.356 e. The molecule has 3 fully saturated rings. The second-order valence-corrected chi connectivity index (χ2v) is 6.75. The number of rotatable bonds is 3. The van der Waals surface area contributed by atoms with Gasteiger partial charge in [0, 0.05) is 20.1 Å². The lowest BCUT2D eigenvalue weighted by molar-refractivity contribution is -0.273. The Hall–Kier alpha value is -0.660. The zero-order valence-electron chi connectivity index (χ0n) is 11.6. The van der Waals surface area contributed by atoms with Crippen molar-refractivity contribution >= 4 is 27.9 Å². The average molecular weight is 349 g/mol. The van der Waals surface area contributed by atoms with E-state index in [1.54, 1.807) is 0 Å². The van der Waals surface area contributed by atoms with Gasteiger partial charge in [0.2, 0.25) is 5.79 Å². The first-order valence-corrected chi connectivity index (χ1v) is 7.36. The summed E-state index contributed by atoms with van der Waals surface area (Å²) in [6.45, 7) is 0. The predicted molar refractivity (Wildman–Crippen MR) is 70.1 cm³/mol. The number of methoxy groups -OCH3 is 3. The molecule has 0 N–H and O–H groups in total. The van der Waals surface area contributed by atoms with Crippen molar-refractivity contribution in [1.82, 2.24) is 0 Å². The predicted octanol–water partition coefficient (Wildman–Crippen LogP) is 1.01. The van der Waals surface area contributed by atoms with Crippen molar-refractivity contribution < 1.29 is 28.5 Å². The fourth-order valence-electron chi connectivity index (χ4n) is 4.49. The van der Waals surface area contributed by atoms with Gasteiger partial charge < -0.3 is 18.9 Å². The number of carbonyl (C=O) groups is 2. The van der Waals surface area contributed by atoms with Gasteiger partial charge in [-0.3, -0.25) is 4.79 Å². The Morgan fingerprint density at radius 3 is 2.40 bits per heavy atom. The summed E-state index contributed by atoms with van der Waals surface area (Å²) in [6, 6.07) is 0. The third kappa shape index (κ3) is 1.12. The van der Waals surface area contributed by atoms with Gasteiger partial charge in [0.25, 0.3) is 5.60 Å². The van der Waals surface area contributed by atoms with Gasteiger partial charge in [-0.05, 0) is 18.8 Å². The Morgan fingerprint density at radius 1 is 1.25 bits per heavy atom. The molecular formula is C13H17BrO6. The molecule has 4 atom stereocenters. The van der Waals surface area contributed by atoms with Crippen LogP contribution in [-0.4, -0.2) is 49.0 Å². The zero-order chi connectivity index (χ0) is 14.8. The fraction of sp³-hybridized carbons (Fsp3) is 0.846. The third-order valence-electron chi connectivity index (χ3n) is 5.13. The first kappa shape index (κ1) is 14.3. The van der Waals surface area contributed by atoms with Crippen LogP contribution < -0.4 is 0 Å². The van der Waals surface area contributed by atoms with E-state index in [9.17, 15) is 9.59 Å². The molecule has 0 radical (unpaired) electrons. The van der Waals surface area contributed by atoms with Gasteiger partial charge in [-0.15, -0.1) is 0 Å². The van der Waals surface area contributed by atoms with Gasteiger partial charge in [-0.25, -0.2) is 4.79 Å². The molecule has 3 rings (SSSR count). The summed E-state index contributed by atoms with van der Waals surface area (Å²) in [6.07, 6.45) is 2.52. The van der Waals surface area contributed by atoms with Gasteiger partial charge in [0.1, 0.15) is 0 Å². The minimum Gasteiger partial charge on any atom is -0.466 e. The lowest BCUT2D eigenvalue weighted by atomic mass is 9.84. The van der Waals surface area contributed by atoms with Crippen LogP contribution in [0.25, 0.3) is 0 Å². The van der Waals surface area contributed by atoms with E-state index in [1.165, 1.54) is 21.3 Å². The summed E-state index contributed by atoms with van der Waals surface area (Å²) in [7, 11) is 4.11. The van der Waals surface area contributed by atoms with Crippen molar-refractivity contribution in [2.75, 3.05) is 21.3 Å². The molecule has 0 amide bonds. The molecule has 3 aliphatic rings. The van der Waals surface area contributed by atoms with Crippen LogP contribution in [0.3, 0.4) is 0 Å². The molecule has 0 aromatic carbocycles. The zero-order valence-corrected chi connectivity index (χ0v) is 13.2. The number of hydrogen-bond donors (Lipinski definition) is 0. The normalized spacial score (nSPS) is 44.3. The van der Waals surface area contributed by atoms with Crippen molar-refractivity contribution in [3.8, 4) is 0 Å². The van der Waals surface area contributed by atoms with E-state index in [2.05, 4.69) is 15.9 Å². The van der Waals surface area contributed by atoms with Crippen molar-refractivity contribution in [2.45, 2.75) is 35.0 Å². The fourth-order valence-corrected chi connectivity index (χ4v) is 5.74. The minimum atomic E-state index is -1.53. The summed E-state index contributed by atoms with van der Waals surface area (Å²) < 4.78 is 20.4. The van der Waals surface area contributed by atoms with Gasteiger partial charge in [0.15, 0.2) is 4.32 Å². The summed E-state index contributed by atoms with van der Waals surface area (Å²) in [5.41, 5.74) is -1.53. The molecule has 20 heavy (non-hydrogen) atoms. The second kappa shape index (κ2) is 4.18. The Kier molecular flexibility index (Phi) is 2.98. The molecule has 1 heterocycles. The summed E-state index contributed by atoms with van der Waals surface area (Å²) in [5, 5.41) is 0. The first-order valence-electron chi connectivity index (χ1n) is 6.57. The van der Waals surface area contributed by atoms with Crippen molar-refractivity contribution in [3.63, 3.8) is 0 Å². The second-order valence-electron chi connectivity index (χ2n) is 5.50. The van der Waals surface area contributed by atoms with Gasteiger partial charge >= 0.3 is 11.9 Å². The van der Waals surface area contributed by atoms with Crippen LogP contribution in [0.5, 0.6) is 0 Å². The SMILES string of the molecule is COC(=O)[C@@]12OC(=O)[C@@](Br)([C@H]3CCC[C@H]31)C2(OC)OC. The molecular weight excluding hydrogens is 332 g/mol. The van der Waals surface area contributed by atoms with Crippen LogP contribution in [0.4, 0.5) is 0 Å². The molecule has 1 saturated heterocycles. The highest BCUT2D eigenvalue weighted by molar-refractivity contribution is 9.10. The van der Waals surface area contributed by atoms with Gasteiger partial charge in [-0.1, -0.05) is 22.4 Å². The molecule has 0 spiro atoms. The monoisotopic (exact) mass is 348 g/mol. The van der Waals surface area contributed by atoms with Crippen LogP contribution in [0.2, 0.25) is 0 Å². The Labute approximate surface area is 125 Å². The molecule has 6 nitrogen and oxygen atoms in total. The van der Waals surface area contributed by atoms with Crippen LogP contribution in [0.1, 0.15) is 19.3 Å².